The number of hydrogen-bond donors (Lipinski definition) is 1. The highest BCUT2D eigenvalue weighted by atomic mass is 16.6. The van der Waals surface area contributed by atoms with Crippen molar-refractivity contribution in [2.75, 3.05) is 24.7 Å². The van der Waals surface area contributed by atoms with Crippen LogP contribution in [0, 0.1) is 11.8 Å². The zero-order chi connectivity index (χ0) is 27.0. The molecule has 0 saturated carbocycles. The van der Waals surface area contributed by atoms with Crippen LogP contribution in [0.1, 0.15) is 26.2 Å². The lowest BCUT2D eigenvalue weighted by Gasteiger charge is -2.38. The van der Waals surface area contributed by atoms with Crippen molar-refractivity contribution in [3.05, 3.63) is 67.8 Å². The van der Waals surface area contributed by atoms with E-state index >= 15 is 0 Å². The number of carbonyl (C=O) groups excluding carboxylic acids is 3. The minimum Gasteiger partial charge on any atom is -0.465 e. The summed E-state index contributed by atoms with van der Waals surface area (Å²) in [6.45, 7) is 9.27. The predicted molar refractivity (Wildman–Crippen MR) is 143 cm³/mol. The van der Waals surface area contributed by atoms with Crippen molar-refractivity contribution in [1.82, 2.24) is 4.90 Å². The van der Waals surface area contributed by atoms with Crippen LogP contribution in [0.15, 0.2) is 67.8 Å². The number of nitrogens with zero attached hydrogens (tertiary/aromatic N) is 2. The first-order valence-electron chi connectivity index (χ1n) is 13.2. The number of hydrogen-bond acceptors (Lipinski definition) is 6. The van der Waals surface area contributed by atoms with Crippen LogP contribution in [-0.2, 0) is 23.9 Å². The van der Waals surface area contributed by atoms with Crippen molar-refractivity contribution in [3.8, 4) is 0 Å². The lowest BCUT2D eigenvalue weighted by atomic mass is 9.70. The molecule has 5 rings (SSSR count). The van der Waals surface area contributed by atoms with Crippen molar-refractivity contribution < 1.29 is 29.0 Å². The van der Waals surface area contributed by atoms with Crippen LogP contribution in [0.5, 0.6) is 0 Å². The third kappa shape index (κ3) is 4.03. The van der Waals surface area contributed by atoms with E-state index in [2.05, 4.69) is 13.2 Å². The molecule has 200 valence electrons. The Balaban J connectivity index is 1.55. The number of fused-ring (bicyclic) bond motifs is 2. The molecule has 3 aliphatic rings. The molecule has 8 nitrogen and oxygen atoms in total. The van der Waals surface area contributed by atoms with E-state index in [0.29, 0.717) is 24.9 Å². The van der Waals surface area contributed by atoms with E-state index in [4.69, 9.17) is 9.47 Å². The van der Waals surface area contributed by atoms with Crippen molar-refractivity contribution in [2.24, 2.45) is 11.8 Å². The highest BCUT2D eigenvalue weighted by Gasteiger charge is 2.75. The standard InChI is InChI=1S/C30H34N2O6/c1-4-6-16-37-29(36)24-23-13-14-30(38-23)25(24)27(34)32(19(3)18-33)26(30)28(35)31(15-5-2)22-12-11-20-9-7-8-10-21(20)17-22/h4-5,7-12,17,19,23-26,33H,1-2,6,13-16,18H2,3H3/t19-,23-,24+,25+,26?,30?/m1/s1. The molecule has 0 radical (unpaired) electrons. The maximum Gasteiger partial charge on any atom is 0.312 e. The molecule has 3 saturated heterocycles. The predicted octanol–water partition coefficient (Wildman–Crippen LogP) is 3.23. The molecule has 38 heavy (non-hydrogen) atoms. The Bertz CT molecular complexity index is 1280. The molecule has 8 heteroatoms. The summed E-state index contributed by atoms with van der Waals surface area (Å²) in [4.78, 5) is 44.6. The fourth-order valence-corrected chi connectivity index (χ4v) is 6.48. The molecule has 2 bridgehead atoms. The third-order valence-corrected chi connectivity index (χ3v) is 8.17. The Morgan fingerprint density at radius 3 is 2.71 bits per heavy atom. The number of likely N-dealkylation sites (tertiary alicyclic amines) is 1. The van der Waals surface area contributed by atoms with Gasteiger partial charge in [-0.1, -0.05) is 42.5 Å². The van der Waals surface area contributed by atoms with Crippen molar-refractivity contribution in [1.29, 1.82) is 0 Å². The molecular formula is C30H34N2O6. The van der Waals surface area contributed by atoms with E-state index in [0.717, 1.165) is 10.8 Å². The number of anilines is 1. The molecule has 2 unspecified atom stereocenters. The summed E-state index contributed by atoms with van der Waals surface area (Å²) < 4.78 is 11.9. The first kappa shape index (κ1) is 26.1. The van der Waals surface area contributed by atoms with Crippen LogP contribution < -0.4 is 4.90 Å². The number of aliphatic hydroxyl groups is 1. The second kappa shape index (κ2) is 10.3. The van der Waals surface area contributed by atoms with Gasteiger partial charge in [0.05, 0.1) is 37.2 Å². The third-order valence-electron chi connectivity index (χ3n) is 8.17. The van der Waals surface area contributed by atoms with Crippen LogP contribution in [0.2, 0.25) is 0 Å². The summed E-state index contributed by atoms with van der Waals surface area (Å²) in [7, 11) is 0. The first-order valence-corrected chi connectivity index (χ1v) is 13.2. The van der Waals surface area contributed by atoms with Gasteiger partial charge in [0.15, 0.2) is 0 Å². The zero-order valence-electron chi connectivity index (χ0n) is 21.6. The maximum atomic E-state index is 14.5. The molecule has 6 atom stereocenters. The number of aliphatic hydroxyl groups excluding tert-OH is 1. The minimum atomic E-state index is -1.17. The van der Waals surface area contributed by atoms with Crippen LogP contribution in [0.25, 0.3) is 10.8 Å². The van der Waals surface area contributed by atoms with Crippen LogP contribution in [0.4, 0.5) is 5.69 Å². The van der Waals surface area contributed by atoms with Crippen LogP contribution >= 0.6 is 0 Å². The van der Waals surface area contributed by atoms with E-state index in [1.165, 1.54) is 4.90 Å². The Hall–Kier alpha value is -3.49. The Labute approximate surface area is 222 Å². The average molecular weight is 519 g/mol. The summed E-state index contributed by atoms with van der Waals surface area (Å²) in [5.41, 5.74) is -0.494. The second-order valence-corrected chi connectivity index (χ2v) is 10.3. The van der Waals surface area contributed by atoms with Gasteiger partial charge >= 0.3 is 5.97 Å². The zero-order valence-corrected chi connectivity index (χ0v) is 21.6. The van der Waals surface area contributed by atoms with Gasteiger partial charge in [-0.2, -0.15) is 0 Å². The summed E-state index contributed by atoms with van der Waals surface area (Å²) in [6, 6.07) is 12.0. The van der Waals surface area contributed by atoms with Gasteiger partial charge in [0, 0.05) is 12.2 Å². The number of ether oxygens (including phenoxy) is 2. The van der Waals surface area contributed by atoms with E-state index in [9.17, 15) is 19.5 Å². The molecule has 1 spiro atoms. The SMILES string of the molecule is C=CCCOC(=O)[C@@H]1[C@H]2C(=O)N([C@H](C)CO)C(C(=O)N(CC=C)c3ccc4ccccc4c3)C23CC[C@H]1O3. The maximum absolute atomic E-state index is 14.5. The summed E-state index contributed by atoms with van der Waals surface area (Å²) in [6.07, 6.45) is 4.34. The second-order valence-electron chi connectivity index (χ2n) is 10.3. The molecule has 2 aromatic carbocycles. The summed E-state index contributed by atoms with van der Waals surface area (Å²) in [5.74, 6) is -2.80. The molecule has 0 aliphatic carbocycles. The molecule has 3 heterocycles. The fourth-order valence-electron chi connectivity index (χ4n) is 6.48. The van der Waals surface area contributed by atoms with E-state index in [1.807, 2.05) is 42.5 Å². The first-order chi connectivity index (χ1) is 18.4. The highest BCUT2D eigenvalue weighted by Crippen LogP contribution is 2.59. The molecule has 1 N–H and O–H groups in total. The van der Waals surface area contributed by atoms with E-state index in [1.54, 1.807) is 24.0 Å². The molecule has 2 aromatic rings. The quantitative estimate of drug-likeness (QED) is 0.295. The fraction of sp³-hybridized carbons (Fsp3) is 0.433. The van der Waals surface area contributed by atoms with Gasteiger partial charge in [-0.25, -0.2) is 0 Å². The van der Waals surface area contributed by atoms with E-state index < -0.39 is 41.6 Å². The molecular weight excluding hydrogens is 484 g/mol. The van der Waals surface area contributed by atoms with Gasteiger partial charge in [-0.15, -0.1) is 13.2 Å². The van der Waals surface area contributed by atoms with Crippen LogP contribution in [0.3, 0.4) is 0 Å². The summed E-state index contributed by atoms with van der Waals surface area (Å²) in [5, 5.41) is 12.1. The molecule has 3 aliphatic heterocycles. The Morgan fingerprint density at radius 1 is 1.24 bits per heavy atom. The molecule has 3 fully saturated rings. The summed E-state index contributed by atoms with van der Waals surface area (Å²) >= 11 is 0. The number of amides is 2. The van der Waals surface area contributed by atoms with Crippen LogP contribution in [-0.4, -0.2) is 71.3 Å². The van der Waals surface area contributed by atoms with Crippen molar-refractivity contribution in [3.63, 3.8) is 0 Å². The smallest absolute Gasteiger partial charge is 0.312 e. The van der Waals surface area contributed by atoms with Gasteiger partial charge in [0.25, 0.3) is 5.91 Å². The lowest BCUT2D eigenvalue weighted by molar-refractivity contribution is -0.155. The van der Waals surface area contributed by atoms with E-state index in [-0.39, 0.29) is 31.6 Å². The normalized spacial score (nSPS) is 28.3. The van der Waals surface area contributed by atoms with Crippen molar-refractivity contribution >= 4 is 34.2 Å². The number of benzene rings is 2. The molecule has 2 amide bonds. The van der Waals surface area contributed by atoms with Gasteiger partial charge in [-0.05, 0) is 49.1 Å². The molecule has 0 aromatic heterocycles. The Morgan fingerprint density at radius 2 is 2.00 bits per heavy atom. The van der Waals surface area contributed by atoms with Crippen molar-refractivity contribution in [2.45, 2.75) is 50.0 Å². The Kier molecular flexibility index (Phi) is 7.11. The number of rotatable bonds is 10. The average Bonchev–Trinajstić information content (AvgIpc) is 3.58. The number of esters is 1. The topological polar surface area (TPSA) is 96.4 Å². The van der Waals surface area contributed by atoms with Gasteiger partial charge in [0.2, 0.25) is 5.91 Å². The lowest BCUT2D eigenvalue weighted by Crippen LogP contribution is -2.58. The minimum absolute atomic E-state index is 0.174. The van der Waals surface area contributed by atoms with Gasteiger partial charge in [-0.3, -0.25) is 14.4 Å². The monoisotopic (exact) mass is 518 g/mol. The largest absolute Gasteiger partial charge is 0.465 e. The highest BCUT2D eigenvalue weighted by molar-refractivity contribution is 6.05. The number of carbonyl (C=O) groups is 3. The van der Waals surface area contributed by atoms with Gasteiger partial charge < -0.3 is 24.4 Å². The van der Waals surface area contributed by atoms with Gasteiger partial charge in [0.1, 0.15) is 11.6 Å².